The number of rotatable bonds is 8. The predicted octanol–water partition coefficient (Wildman–Crippen LogP) is 1.73. The zero-order chi connectivity index (χ0) is 29.9. The van der Waals surface area contributed by atoms with Crippen molar-refractivity contribution in [1.29, 1.82) is 0 Å². The summed E-state index contributed by atoms with van der Waals surface area (Å²) < 4.78 is 57.1. The average molecular weight is 633 g/mol. The molecule has 0 unspecified atom stereocenters. The number of aromatic nitrogens is 2. The lowest BCUT2D eigenvalue weighted by Crippen LogP contribution is -2.54. The molecule has 0 atom stereocenters. The smallest absolute Gasteiger partial charge is 0.246 e. The molecule has 14 heteroatoms. The summed E-state index contributed by atoms with van der Waals surface area (Å²) >= 11 is 0. The molecule has 4 aliphatic rings. The van der Waals surface area contributed by atoms with Gasteiger partial charge in [-0.25, -0.2) is 16.8 Å². The molecule has 4 aliphatic heterocycles. The first-order chi connectivity index (χ1) is 20.8. The molecule has 0 aromatic carbocycles. The number of anilines is 2. The third-order valence-corrected chi connectivity index (χ3v) is 13.0. The van der Waals surface area contributed by atoms with Gasteiger partial charge in [0.05, 0.1) is 18.0 Å². The molecule has 4 fully saturated rings. The van der Waals surface area contributed by atoms with Crippen LogP contribution >= 0.6 is 0 Å². The standard InChI is InChI=1S/C29H44N8O4S2/c38-42(39,36-11-3-1-4-12-36)28-23-30-9-7-26(28)34-19-15-32(16-20-34)25-33-17-21-35(22-18-33)27-8-10-31-24-29(27)43(40,41)37-13-5-2-6-14-37/h7-10,23-24H,1-6,11-22,25H2. The molecule has 43 heavy (non-hydrogen) atoms. The van der Waals surface area contributed by atoms with Crippen LogP contribution in [0.3, 0.4) is 0 Å². The maximum absolute atomic E-state index is 13.5. The van der Waals surface area contributed by atoms with Gasteiger partial charge in [0.25, 0.3) is 0 Å². The summed E-state index contributed by atoms with van der Waals surface area (Å²) in [5, 5.41) is 0. The molecular formula is C29H44N8O4S2. The summed E-state index contributed by atoms with van der Waals surface area (Å²) in [5.41, 5.74) is 1.50. The number of piperazine rings is 2. The lowest BCUT2D eigenvalue weighted by molar-refractivity contribution is 0.120. The van der Waals surface area contributed by atoms with Crippen LogP contribution in [-0.2, 0) is 20.0 Å². The van der Waals surface area contributed by atoms with Crippen molar-refractivity contribution in [2.24, 2.45) is 0 Å². The van der Waals surface area contributed by atoms with E-state index in [4.69, 9.17) is 0 Å². The number of piperidine rings is 2. The average Bonchev–Trinajstić information content (AvgIpc) is 3.06. The molecule has 6 rings (SSSR count). The second kappa shape index (κ2) is 13.3. The first kappa shape index (κ1) is 30.7. The number of pyridine rings is 2. The molecule has 12 nitrogen and oxygen atoms in total. The highest BCUT2D eigenvalue weighted by Crippen LogP contribution is 2.31. The molecule has 2 aromatic rings. The molecular weight excluding hydrogens is 589 g/mol. The number of hydrogen-bond acceptors (Lipinski definition) is 10. The molecule has 6 heterocycles. The Morgan fingerprint density at radius 1 is 0.512 bits per heavy atom. The lowest BCUT2D eigenvalue weighted by atomic mass is 10.2. The maximum atomic E-state index is 13.5. The van der Waals surface area contributed by atoms with Gasteiger partial charge in [-0.05, 0) is 37.8 Å². The monoisotopic (exact) mass is 632 g/mol. The minimum Gasteiger partial charge on any atom is -0.368 e. The Morgan fingerprint density at radius 3 is 1.26 bits per heavy atom. The van der Waals surface area contributed by atoms with Gasteiger partial charge in [-0.15, -0.1) is 0 Å². The summed E-state index contributed by atoms with van der Waals surface area (Å²) in [6.45, 7) is 9.52. The Hall–Kier alpha value is -2.36. The van der Waals surface area contributed by atoms with Crippen molar-refractivity contribution in [3.8, 4) is 0 Å². The van der Waals surface area contributed by atoms with Crippen LogP contribution in [0.5, 0.6) is 0 Å². The largest absolute Gasteiger partial charge is 0.368 e. The fourth-order valence-electron chi connectivity index (χ4n) is 6.70. The zero-order valence-electron chi connectivity index (χ0n) is 24.9. The highest BCUT2D eigenvalue weighted by Gasteiger charge is 2.33. The van der Waals surface area contributed by atoms with E-state index in [2.05, 4.69) is 29.6 Å². The van der Waals surface area contributed by atoms with E-state index in [1.165, 1.54) is 12.4 Å². The van der Waals surface area contributed by atoms with E-state index in [1.54, 1.807) is 21.0 Å². The SMILES string of the molecule is O=S(=O)(c1cnccc1N1CCN(CN2CCN(c3ccncc3S(=O)(=O)N3CCCCC3)CC2)CC1)N1CCCCC1. The van der Waals surface area contributed by atoms with Gasteiger partial charge < -0.3 is 9.80 Å². The van der Waals surface area contributed by atoms with E-state index in [0.717, 1.165) is 109 Å². The van der Waals surface area contributed by atoms with Gasteiger partial charge in [-0.2, -0.15) is 8.61 Å². The molecule has 0 N–H and O–H groups in total. The Bertz CT molecular complexity index is 1340. The van der Waals surface area contributed by atoms with E-state index >= 15 is 0 Å². The zero-order valence-corrected chi connectivity index (χ0v) is 26.6. The van der Waals surface area contributed by atoms with Crippen LogP contribution in [0.2, 0.25) is 0 Å². The normalized spacial score (nSPS) is 22.6. The minimum absolute atomic E-state index is 0.319. The highest BCUT2D eigenvalue weighted by molar-refractivity contribution is 7.89. The van der Waals surface area contributed by atoms with Crippen LogP contribution in [0.15, 0.2) is 46.7 Å². The summed E-state index contributed by atoms with van der Waals surface area (Å²) in [7, 11) is -7.13. The van der Waals surface area contributed by atoms with Crippen molar-refractivity contribution < 1.29 is 16.8 Å². The third kappa shape index (κ3) is 6.69. The Morgan fingerprint density at radius 2 is 0.884 bits per heavy atom. The quantitative estimate of drug-likeness (QED) is 0.427. The summed E-state index contributed by atoms with van der Waals surface area (Å²) in [6.07, 6.45) is 12.2. The topological polar surface area (TPSA) is 114 Å². The van der Waals surface area contributed by atoms with E-state index < -0.39 is 20.0 Å². The maximum Gasteiger partial charge on any atom is 0.246 e. The van der Waals surface area contributed by atoms with Gasteiger partial charge in [-0.3, -0.25) is 19.8 Å². The lowest BCUT2D eigenvalue weighted by Gasteiger charge is -2.42. The van der Waals surface area contributed by atoms with E-state index in [1.807, 2.05) is 12.1 Å². The van der Waals surface area contributed by atoms with Crippen molar-refractivity contribution >= 4 is 31.4 Å². The van der Waals surface area contributed by atoms with Gasteiger partial charge in [0.2, 0.25) is 20.0 Å². The van der Waals surface area contributed by atoms with Gasteiger partial charge in [0.15, 0.2) is 0 Å². The second-order valence-corrected chi connectivity index (χ2v) is 15.8. The van der Waals surface area contributed by atoms with Crippen LogP contribution in [0.4, 0.5) is 11.4 Å². The van der Waals surface area contributed by atoms with E-state index in [-0.39, 0.29) is 0 Å². The van der Waals surface area contributed by atoms with Crippen LogP contribution in [-0.4, -0.2) is 130 Å². The first-order valence-corrected chi connectivity index (χ1v) is 18.5. The van der Waals surface area contributed by atoms with Crippen molar-refractivity contribution in [2.75, 3.05) is 95.0 Å². The molecule has 0 radical (unpaired) electrons. The van der Waals surface area contributed by atoms with Crippen LogP contribution in [0, 0.1) is 0 Å². The van der Waals surface area contributed by atoms with Crippen LogP contribution in [0.1, 0.15) is 38.5 Å². The molecule has 0 spiro atoms. The fourth-order valence-corrected chi connectivity index (χ4v) is 10.0. The van der Waals surface area contributed by atoms with Gasteiger partial charge in [0, 0.05) is 103 Å². The van der Waals surface area contributed by atoms with Gasteiger partial charge in [-0.1, -0.05) is 12.8 Å². The van der Waals surface area contributed by atoms with Crippen molar-refractivity contribution in [3.05, 3.63) is 36.9 Å². The molecule has 0 amide bonds. The van der Waals surface area contributed by atoms with Crippen molar-refractivity contribution in [2.45, 2.75) is 48.3 Å². The predicted molar refractivity (Wildman–Crippen MR) is 166 cm³/mol. The minimum atomic E-state index is -3.57. The molecule has 236 valence electrons. The Labute approximate surface area is 256 Å². The number of hydrogen-bond donors (Lipinski definition) is 0. The molecule has 0 saturated carbocycles. The van der Waals surface area contributed by atoms with E-state index in [9.17, 15) is 16.8 Å². The Balaban J connectivity index is 1.04. The van der Waals surface area contributed by atoms with Crippen LogP contribution in [0.25, 0.3) is 0 Å². The third-order valence-electron chi connectivity index (χ3n) is 9.22. The van der Waals surface area contributed by atoms with Gasteiger partial charge >= 0.3 is 0 Å². The Kier molecular flexibility index (Phi) is 9.50. The van der Waals surface area contributed by atoms with E-state index in [0.29, 0.717) is 36.0 Å². The molecule has 2 aromatic heterocycles. The van der Waals surface area contributed by atoms with Crippen molar-refractivity contribution in [1.82, 2.24) is 28.4 Å². The summed E-state index contributed by atoms with van der Waals surface area (Å²) in [4.78, 5) is 18.2. The molecule has 0 bridgehead atoms. The highest BCUT2D eigenvalue weighted by atomic mass is 32.2. The number of nitrogens with zero attached hydrogens (tertiary/aromatic N) is 8. The summed E-state index contributed by atoms with van der Waals surface area (Å²) in [5.74, 6) is 0. The first-order valence-electron chi connectivity index (χ1n) is 15.7. The van der Waals surface area contributed by atoms with Gasteiger partial charge in [0.1, 0.15) is 9.79 Å². The molecule has 0 aliphatic carbocycles. The number of sulfonamides is 2. The van der Waals surface area contributed by atoms with Crippen molar-refractivity contribution in [3.63, 3.8) is 0 Å². The second-order valence-electron chi connectivity index (χ2n) is 12.0. The van der Waals surface area contributed by atoms with Crippen LogP contribution < -0.4 is 9.80 Å². The molecule has 4 saturated heterocycles. The fraction of sp³-hybridized carbons (Fsp3) is 0.655. The summed E-state index contributed by atoms with van der Waals surface area (Å²) in [6, 6.07) is 3.68.